The standard InChI is InChI=1S/C13H22N4O2/c1-4-5-17(11-7-14-8-11)9-10-6-12(18)16(3)13(19)15(10)2/h6,11,14H,4-5,7-9H2,1-3H3. The van der Waals surface area contributed by atoms with Crippen LogP contribution in [0.3, 0.4) is 0 Å². The molecule has 6 heteroatoms. The Labute approximate surface area is 112 Å². The molecule has 2 rings (SSSR count). The second-order valence-electron chi connectivity index (χ2n) is 5.16. The van der Waals surface area contributed by atoms with Gasteiger partial charge in [0.25, 0.3) is 5.56 Å². The van der Waals surface area contributed by atoms with Crippen molar-refractivity contribution >= 4 is 0 Å². The van der Waals surface area contributed by atoms with E-state index in [0.29, 0.717) is 12.6 Å². The summed E-state index contributed by atoms with van der Waals surface area (Å²) in [6, 6.07) is 2.08. The van der Waals surface area contributed by atoms with E-state index in [-0.39, 0.29) is 11.2 Å². The van der Waals surface area contributed by atoms with Crippen LogP contribution >= 0.6 is 0 Å². The van der Waals surface area contributed by atoms with E-state index in [9.17, 15) is 9.59 Å². The van der Waals surface area contributed by atoms with Crippen LogP contribution in [0.25, 0.3) is 0 Å². The minimum Gasteiger partial charge on any atom is -0.314 e. The SMILES string of the molecule is CCCN(Cc1cc(=O)n(C)c(=O)n1C)C1CNC1. The first-order valence-electron chi connectivity index (χ1n) is 6.75. The third-order valence-electron chi connectivity index (χ3n) is 3.78. The second-order valence-corrected chi connectivity index (χ2v) is 5.16. The van der Waals surface area contributed by atoms with Crippen LogP contribution in [0.5, 0.6) is 0 Å². The summed E-state index contributed by atoms with van der Waals surface area (Å²) in [7, 11) is 3.23. The third-order valence-corrected chi connectivity index (χ3v) is 3.78. The number of hydrogen-bond acceptors (Lipinski definition) is 4. The molecule has 106 valence electrons. The van der Waals surface area contributed by atoms with Gasteiger partial charge in [-0.3, -0.25) is 18.8 Å². The van der Waals surface area contributed by atoms with Gasteiger partial charge in [0.05, 0.1) is 0 Å². The molecule has 0 amide bonds. The molecule has 1 N–H and O–H groups in total. The lowest BCUT2D eigenvalue weighted by Crippen LogP contribution is -2.57. The zero-order chi connectivity index (χ0) is 14.0. The van der Waals surface area contributed by atoms with Gasteiger partial charge in [0.2, 0.25) is 0 Å². The molecule has 6 nitrogen and oxygen atoms in total. The van der Waals surface area contributed by atoms with E-state index in [1.165, 1.54) is 7.05 Å². The van der Waals surface area contributed by atoms with Crippen LogP contribution in [0.15, 0.2) is 15.7 Å². The van der Waals surface area contributed by atoms with Crippen LogP contribution < -0.4 is 16.6 Å². The number of nitrogens with one attached hydrogen (secondary N) is 1. The number of hydrogen-bond donors (Lipinski definition) is 1. The van der Waals surface area contributed by atoms with Crippen molar-refractivity contribution in [2.75, 3.05) is 19.6 Å². The van der Waals surface area contributed by atoms with Crippen molar-refractivity contribution < 1.29 is 0 Å². The summed E-state index contributed by atoms with van der Waals surface area (Å²) < 4.78 is 2.70. The maximum absolute atomic E-state index is 11.9. The van der Waals surface area contributed by atoms with Gasteiger partial charge in [-0.25, -0.2) is 4.79 Å². The monoisotopic (exact) mass is 266 g/mol. The predicted octanol–water partition coefficient (Wildman–Crippen LogP) is -0.732. The smallest absolute Gasteiger partial charge is 0.314 e. The average Bonchev–Trinajstić information content (AvgIpc) is 2.31. The quantitative estimate of drug-likeness (QED) is 0.763. The van der Waals surface area contributed by atoms with E-state index in [0.717, 1.165) is 36.3 Å². The molecule has 0 atom stereocenters. The van der Waals surface area contributed by atoms with Crippen LogP contribution in [0.4, 0.5) is 0 Å². The fourth-order valence-electron chi connectivity index (χ4n) is 2.35. The molecule has 0 spiro atoms. The van der Waals surface area contributed by atoms with Crippen molar-refractivity contribution in [3.05, 3.63) is 32.6 Å². The summed E-state index contributed by atoms with van der Waals surface area (Å²) in [5, 5.41) is 3.26. The zero-order valence-corrected chi connectivity index (χ0v) is 11.8. The molecule has 1 fully saturated rings. The molecule has 2 heterocycles. The van der Waals surface area contributed by atoms with Gasteiger partial charge in [0, 0.05) is 51.5 Å². The van der Waals surface area contributed by atoms with Gasteiger partial charge in [0.1, 0.15) is 0 Å². The Morgan fingerprint density at radius 1 is 1.32 bits per heavy atom. The van der Waals surface area contributed by atoms with Crippen molar-refractivity contribution in [2.45, 2.75) is 25.9 Å². The molecule has 0 unspecified atom stereocenters. The number of aromatic nitrogens is 2. The molecule has 0 bridgehead atoms. The molecule has 0 aliphatic carbocycles. The van der Waals surface area contributed by atoms with E-state index in [1.807, 2.05) is 0 Å². The summed E-state index contributed by atoms with van der Waals surface area (Å²) in [4.78, 5) is 26.0. The molecule has 1 aromatic heterocycles. The predicted molar refractivity (Wildman–Crippen MR) is 74.3 cm³/mol. The lowest BCUT2D eigenvalue weighted by atomic mass is 10.1. The Morgan fingerprint density at radius 2 is 2.00 bits per heavy atom. The molecule has 1 saturated heterocycles. The molecule has 1 aromatic rings. The van der Waals surface area contributed by atoms with E-state index < -0.39 is 0 Å². The molecule has 0 radical (unpaired) electrons. The highest BCUT2D eigenvalue weighted by Gasteiger charge is 2.24. The molecule has 0 aromatic carbocycles. The first-order valence-corrected chi connectivity index (χ1v) is 6.75. The van der Waals surface area contributed by atoms with Gasteiger partial charge in [-0.1, -0.05) is 6.92 Å². The van der Waals surface area contributed by atoms with Crippen LogP contribution in [0, 0.1) is 0 Å². The van der Waals surface area contributed by atoms with Crippen molar-refractivity contribution in [1.82, 2.24) is 19.4 Å². The summed E-state index contributed by atoms with van der Waals surface area (Å²) in [5.74, 6) is 0. The fraction of sp³-hybridized carbons (Fsp3) is 0.692. The lowest BCUT2D eigenvalue weighted by molar-refractivity contribution is 0.134. The average molecular weight is 266 g/mol. The van der Waals surface area contributed by atoms with Crippen molar-refractivity contribution in [1.29, 1.82) is 0 Å². The largest absolute Gasteiger partial charge is 0.330 e. The van der Waals surface area contributed by atoms with Gasteiger partial charge < -0.3 is 5.32 Å². The van der Waals surface area contributed by atoms with Crippen LogP contribution in [0.1, 0.15) is 19.0 Å². The maximum Gasteiger partial charge on any atom is 0.330 e. The zero-order valence-electron chi connectivity index (χ0n) is 11.8. The molecule has 1 aliphatic rings. The van der Waals surface area contributed by atoms with Crippen molar-refractivity contribution in [3.63, 3.8) is 0 Å². The van der Waals surface area contributed by atoms with Gasteiger partial charge in [-0.05, 0) is 13.0 Å². The van der Waals surface area contributed by atoms with Gasteiger partial charge in [-0.15, -0.1) is 0 Å². The lowest BCUT2D eigenvalue weighted by Gasteiger charge is -2.38. The van der Waals surface area contributed by atoms with Crippen LogP contribution in [-0.2, 0) is 20.6 Å². The second kappa shape index (κ2) is 5.71. The highest BCUT2D eigenvalue weighted by atomic mass is 16.2. The highest BCUT2D eigenvalue weighted by Crippen LogP contribution is 2.10. The van der Waals surface area contributed by atoms with Crippen LogP contribution in [-0.4, -0.2) is 39.7 Å². The Kier molecular flexibility index (Phi) is 4.21. The summed E-state index contributed by atoms with van der Waals surface area (Å²) in [6.45, 7) is 5.75. The van der Waals surface area contributed by atoms with Crippen LogP contribution in [0.2, 0.25) is 0 Å². The third kappa shape index (κ3) is 2.79. The topological polar surface area (TPSA) is 59.3 Å². The maximum atomic E-state index is 11.9. The summed E-state index contributed by atoms with van der Waals surface area (Å²) in [5.41, 5.74) is 0.292. The Hall–Kier alpha value is -1.40. The fourth-order valence-corrected chi connectivity index (χ4v) is 2.35. The first kappa shape index (κ1) is 14.0. The molecular weight excluding hydrogens is 244 g/mol. The Morgan fingerprint density at radius 3 is 2.53 bits per heavy atom. The van der Waals surface area contributed by atoms with Gasteiger partial charge in [-0.2, -0.15) is 0 Å². The first-order chi connectivity index (χ1) is 9.04. The molecular formula is C13H22N4O2. The number of nitrogens with zero attached hydrogens (tertiary/aromatic N) is 3. The molecule has 19 heavy (non-hydrogen) atoms. The molecule has 1 aliphatic heterocycles. The highest BCUT2D eigenvalue weighted by molar-refractivity contribution is 5.03. The minimum atomic E-state index is -0.259. The Balaban J connectivity index is 2.26. The van der Waals surface area contributed by atoms with E-state index in [4.69, 9.17) is 0 Å². The van der Waals surface area contributed by atoms with Crippen molar-refractivity contribution in [2.24, 2.45) is 14.1 Å². The normalized spacial score (nSPS) is 15.8. The Bertz CT molecular complexity index is 557. The number of rotatable bonds is 5. The van der Waals surface area contributed by atoms with E-state index in [1.54, 1.807) is 17.7 Å². The van der Waals surface area contributed by atoms with E-state index >= 15 is 0 Å². The minimum absolute atomic E-state index is 0.235. The van der Waals surface area contributed by atoms with E-state index in [2.05, 4.69) is 17.1 Å². The summed E-state index contributed by atoms with van der Waals surface area (Å²) >= 11 is 0. The van der Waals surface area contributed by atoms with Gasteiger partial charge >= 0.3 is 5.69 Å². The molecule has 0 saturated carbocycles. The van der Waals surface area contributed by atoms with Gasteiger partial charge in [0.15, 0.2) is 0 Å². The summed E-state index contributed by atoms with van der Waals surface area (Å²) in [6.07, 6.45) is 1.06. The van der Waals surface area contributed by atoms with Crippen molar-refractivity contribution in [3.8, 4) is 0 Å².